The molecule has 94 valence electrons. The van der Waals surface area contributed by atoms with Gasteiger partial charge in [-0.3, -0.25) is 0 Å². The highest BCUT2D eigenvalue weighted by atomic mass is 16.5. The number of carbonyl (C=O) groups excluding carboxylic acids is 1. The molecular weight excluding hydrogens is 230 g/mol. The van der Waals surface area contributed by atoms with Gasteiger partial charge >= 0.3 is 5.97 Å². The van der Waals surface area contributed by atoms with Gasteiger partial charge < -0.3 is 4.74 Å². The summed E-state index contributed by atoms with van der Waals surface area (Å²) in [5.74, 6) is -0.365. The Bertz CT molecular complexity index is 508. The minimum atomic E-state index is -0.365. The van der Waals surface area contributed by atoms with E-state index < -0.39 is 0 Å². The van der Waals surface area contributed by atoms with Crippen LogP contribution in [0.2, 0.25) is 0 Å². The minimum Gasteiger partial charge on any atom is -0.465 e. The van der Waals surface area contributed by atoms with Crippen molar-refractivity contribution in [1.82, 2.24) is 0 Å². The number of ether oxygens (including phenoxy) is 1. The maximum absolute atomic E-state index is 11.3. The van der Waals surface area contributed by atoms with Gasteiger partial charge in [0.1, 0.15) is 0 Å². The molecule has 0 aliphatic carbocycles. The average Bonchev–Trinajstić information content (AvgIpc) is 2.38. The van der Waals surface area contributed by atoms with E-state index in [0.29, 0.717) is 12.1 Å². The smallest absolute Gasteiger partial charge is 0.337 e. The lowest BCUT2D eigenvalue weighted by Gasteiger charge is -2.08. The van der Waals surface area contributed by atoms with E-state index in [1.807, 2.05) is 26.0 Å². The molecule has 0 spiro atoms. The summed E-state index contributed by atoms with van der Waals surface area (Å²) in [5.41, 5.74) is 11.8. The van der Waals surface area contributed by atoms with Gasteiger partial charge in [-0.2, -0.15) is 0 Å². The Morgan fingerprint density at radius 2 is 1.83 bits per heavy atom. The summed E-state index contributed by atoms with van der Waals surface area (Å²) in [6.07, 6.45) is 0. The summed E-state index contributed by atoms with van der Waals surface area (Å²) < 4.78 is 4.63. The molecule has 0 unspecified atom stereocenters. The largest absolute Gasteiger partial charge is 0.465 e. The Labute approximate surface area is 106 Å². The predicted octanol–water partition coefficient (Wildman–Crippen LogP) is 3.58. The monoisotopic (exact) mass is 245 g/mol. The number of allylic oxidation sites excluding steroid dienone is 1. The van der Waals surface area contributed by atoms with Crippen LogP contribution in [-0.2, 0) is 4.74 Å². The minimum absolute atomic E-state index is 0.302. The lowest BCUT2D eigenvalue weighted by Crippen LogP contribution is -2.01. The molecule has 0 N–H and O–H groups in total. The third-order valence-corrected chi connectivity index (χ3v) is 2.55. The van der Waals surface area contributed by atoms with Crippen LogP contribution >= 0.6 is 0 Å². The molecule has 0 aromatic heterocycles. The second-order valence-electron chi connectivity index (χ2n) is 3.94. The second kappa shape index (κ2) is 6.47. The molecule has 0 amide bonds. The van der Waals surface area contributed by atoms with Gasteiger partial charge in [0.05, 0.1) is 19.2 Å². The van der Waals surface area contributed by atoms with Crippen molar-refractivity contribution >= 4 is 11.5 Å². The summed E-state index contributed by atoms with van der Waals surface area (Å²) in [5, 5.41) is 3.57. The first-order valence-electron chi connectivity index (χ1n) is 5.46. The number of benzene rings is 1. The van der Waals surface area contributed by atoms with Crippen LogP contribution in [-0.4, -0.2) is 19.6 Å². The first-order chi connectivity index (χ1) is 8.60. The van der Waals surface area contributed by atoms with Crippen molar-refractivity contribution in [2.45, 2.75) is 13.8 Å². The van der Waals surface area contributed by atoms with Crippen molar-refractivity contribution in [3.63, 3.8) is 0 Å². The van der Waals surface area contributed by atoms with Gasteiger partial charge in [-0.1, -0.05) is 22.8 Å². The van der Waals surface area contributed by atoms with Gasteiger partial charge in [0, 0.05) is 4.91 Å². The van der Waals surface area contributed by atoms with E-state index in [4.69, 9.17) is 5.53 Å². The summed E-state index contributed by atoms with van der Waals surface area (Å²) >= 11 is 0. The van der Waals surface area contributed by atoms with E-state index in [1.165, 1.54) is 7.11 Å². The van der Waals surface area contributed by atoms with E-state index in [2.05, 4.69) is 14.8 Å². The number of hydrogen-bond acceptors (Lipinski definition) is 3. The molecule has 1 aromatic rings. The molecule has 5 nitrogen and oxygen atoms in total. The van der Waals surface area contributed by atoms with Gasteiger partial charge in [0.2, 0.25) is 0 Å². The van der Waals surface area contributed by atoms with Crippen LogP contribution in [0, 0.1) is 0 Å². The van der Waals surface area contributed by atoms with Crippen molar-refractivity contribution in [3.8, 4) is 0 Å². The number of carbonyl (C=O) groups is 1. The van der Waals surface area contributed by atoms with Crippen LogP contribution in [0.5, 0.6) is 0 Å². The molecule has 0 atom stereocenters. The third kappa shape index (κ3) is 3.37. The van der Waals surface area contributed by atoms with Crippen LogP contribution in [0.25, 0.3) is 16.0 Å². The summed E-state index contributed by atoms with van der Waals surface area (Å²) in [6, 6.07) is 7.03. The molecule has 0 fully saturated rings. The molecule has 0 heterocycles. The van der Waals surface area contributed by atoms with Gasteiger partial charge in [0.25, 0.3) is 0 Å². The number of methoxy groups -OCH3 is 1. The van der Waals surface area contributed by atoms with E-state index in [9.17, 15) is 4.79 Å². The maximum Gasteiger partial charge on any atom is 0.337 e. The molecule has 18 heavy (non-hydrogen) atoms. The van der Waals surface area contributed by atoms with Gasteiger partial charge in [-0.05, 0) is 42.6 Å². The van der Waals surface area contributed by atoms with Crippen LogP contribution < -0.4 is 0 Å². The Hall–Kier alpha value is -2.26. The first kappa shape index (κ1) is 13.8. The molecule has 0 radical (unpaired) electrons. The first-order valence-corrected chi connectivity index (χ1v) is 5.46. The average molecular weight is 245 g/mol. The maximum atomic E-state index is 11.3. The molecule has 0 bridgehead atoms. The Balaban J connectivity index is 3.05. The Kier molecular flexibility index (Phi) is 4.96. The van der Waals surface area contributed by atoms with Crippen LogP contribution in [0.4, 0.5) is 0 Å². The van der Waals surface area contributed by atoms with Gasteiger partial charge in [0.15, 0.2) is 0 Å². The quantitative estimate of drug-likeness (QED) is 0.352. The fourth-order valence-electron chi connectivity index (χ4n) is 1.57. The lowest BCUT2D eigenvalue weighted by atomic mass is 10.0. The lowest BCUT2D eigenvalue weighted by molar-refractivity contribution is 0.0601. The summed E-state index contributed by atoms with van der Waals surface area (Å²) in [6.45, 7) is 4.21. The zero-order valence-corrected chi connectivity index (χ0v) is 10.7. The number of azide groups is 1. The molecule has 1 rings (SSSR count). The van der Waals surface area contributed by atoms with Crippen molar-refractivity contribution in [2.24, 2.45) is 5.11 Å². The number of esters is 1. The Morgan fingerprint density at radius 3 is 2.28 bits per heavy atom. The molecule has 1 aromatic carbocycles. The predicted molar refractivity (Wildman–Crippen MR) is 70.1 cm³/mol. The summed E-state index contributed by atoms with van der Waals surface area (Å²) in [4.78, 5) is 14.1. The van der Waals surface area contributed by atoms with Crippen molar-refractivity contribution in [3.05, 3.63) is 51.4 Å². The SMILES string of the molecule is COC(=O)c1ccc(C(CN=[N+]=[N-])=C(C)C)cc1. The molecule has 0 aliphatic rings. The molecule has 5 heteroatoms. The molecule has 0 saturated heterocycles. The second-order valence-corrected chi connectivity index (χ2v) is 3.94. The van der Waals surface area contributed by atoms with Gasteiger partial charge in [-0.25, -0.2) is 4.79 Å². The van der Waals surface area contributed by atoms with E-state index in [0.717, 1.165) is 16.7 Å². The van der Waals surface area contributed by atoms with E-state index in [-0.39, 0.29) is 5.97 Å². The van der Waals surface area contributed by atoms with Crippen molar-refractivity contribution in [2.75, 3.05) is 13.7 Å². The standard InChI is InChI=1S/C13H15N3O2/c1-9(2)12(8-15-16-14)10-4-6-11(7-5-10)13(17)18-3/h4-7H,8H2,1-3H3. The molecular formula is C13H15N3O2. The molecule has 0 saturated carbocycles. The van der Waals surface area contributed by atoms with Crippen molar-refractivity contribution in [1.29, 1.82) is 0 Å². The van der Waals surface area contributed by atoms with Crippen molar-refractivity contribution < 1.29 is 9.53 Å². The fourth-order valence-corrected chi connectivity index (χ4v) is 1.57. The van der Waals surface area contributed by atoms with E-state index >= 15 is 0 Å². The van der Waals surface area contributed by atoms with Gasteiger partial charge in [-0.15, -0.1) is 0 Å². The highest BCUT2D eigenvalue weighted by Gasteiger charge is 2.07. The highest BCUT2D eigenvalue weighted by Crippen LogP contribution is 2.20. The zero-order chi connectivity index (χ0) is 13.5. The zero-order valence-electron chi connectivity index (χ0n) is 10.7. The van der Waals surface area contributed by atoms with E-state index in [1.54, 1.807) is 12.1 Å². The van der Waals surface area contributed by atoms with Crippen LogP contribution in [0.15, 0.2) is 35.0 Å². The highest BCUT2D eigenvalue weighted by molar-refractivity contribution is 5.89. The Morgan fingerprint density at radius 1 is 1.28 bits per heavy atom. The fraction of sp³-hybridized carbons (Fsp3) is 0.308. The number of nitrogens with zero attached hydrogens (tertiary/aromatic N) is 3. The number of hydrogen-bond donors (Lipinski definition) is 0. The third-order valence-electron chi connectivity index (χ3n) is 2.55. The number of rotatable bonds is 4. The van der Waals surface area contributed by atoms with Crippen LogP contribution in [0.3, 0.4) is 0 Å². The topological polar surface area (TPSA) is 75.1 Å². The normalized spacial score (nSPS) is 9.28. The van der Waals surface area contributed by atoms with Crippen LogP contribution in [0.1, 0.15) is 29.8 Å². The molecule has 0 aliphatic heterocycles. The summed E-state index contributed by atoms with van der Waals surface area (Å²) in [7, 11) is 1.35.